The molecule has 182 valence electrons. The molecule has 11 heteroatoms. The lowest BCUT2D eigenvalue weighted by molar-refractivity contribution is 0.0697. The number of benzene rings is 2. The first-order chi connectivity index (χ1) is 16.7. The van der Waals surface area contributed by atoms with Crippen LogP contribution in [0, 0.1) is 18.6 Å². The van der Waals surface area contributed by atoms with Gasteiger partial charge in [0.25, 0.3) is 0 Å². The van der Waals surface area contributed by atoms with Gasteiger partial charge in [-0.15, -0.1) is 0 Å². The third-order valence-electron chi connectivity index (χ3n) is 5.48. The van der Waals surface area contributed by atoms with E-state index >= 15 is 0 Å². The summed E-state index contributed by atoms with van der Waals surface area (Å²) < 4.78 is 29.5. The molecule has 0 bridgehead atoms. The number of aromatic nitrogens is 2. The first-order valence-corrected chi connectivity index (χ1v) is 10.8. The highest BCUT2D eigenvalue weighted by molar-refractivity contribution is 6.03. The lowest BCUT2D eigenvalue weighted by Gasteiger charge is -2.31. The van der Waals surface area contributed by atoms with Crippen LogP contribution in [-0.2, 0) is 6.54 Å². The van der Waals surface area contributed by atoms with Gasteiger partial charge in [0.2, 0.25) is 5.95 Å². The van der Waals surface area contributed by atoms with Crippen LogP contribution >= 0.6 is 0 Å². The van der Waals surface area contributed by atoms with Crippen LogP contribution in [0.5, 0.6) is 0 Å². The number of amides is 2. The number of carboxylic acid groups (broad SMARTS) is 1. The van der Waals surface area contributed by atoms with Crippen molar-refractivity contribution in [1.29, 1.82) is 0 Å². The first-order valence-electron chi connectivity index (χ1n) is 10.8. The predicted molar refractivity (Wildman–Crippen MR) is 127 cm³/mol. The molecule has 0 atom stereocenters. The van der Waals surface area contributed by atoms with E-state index in [1.807, 2.05) is 25.9 Å². The van der Waals surface area contributed by atoms with Gasteiger partial charge < -0.3 is 20.6 Å². The Morgan fingerprint density at radius 3 is 2.57 bits per heavy atom. The number of rotatable bonds is 7. The highest BCUT2D eigenvalue weighted by Gasteiger charge is 2.34. The minimum Gasteiger partial charge on any atom is -0.478 e. The van der Waals surface area contributed by atoms with Gasteiger partial charge in [-0.05, 0) is 45.3 Å². The van der Waals surface area contributed by atoms with Gasteiger partial charge in [-0.3, -0.25) is 0 Å². The van der Waals surface area contributed by atoms with Crippen LogP contribution in [0.15, 0.2) is 36.4 Å². The Bertz CT molecular complexity index is 1290. The number of nitrogens with one attached hydrogen (secondary N) is 2. The van der Waals surface area contributed by atoms with E-state index in [0.29, 0.717) is 24.2 Å². The van der Waals surface area contributed by atoms with Crippen LogP contribution < -0.4 is 15.5 Å². The van der Waals surface area contributed by atoms with Crippen molar-refractivity contribution >= 4 is 29.5 Å². The van der Waals surface area contributed by atoms with Gasteiger partial charge in [-0.1, -0.05) is 17.7 Å². The summed E-state index contributed by atoms with van der Waals surface area (Å²) in [6, 6.07) is 7.31. The van der Waals surface area contributed by atoms with Crippen molar-refractivity contribution in [3.8, 4) is 11.3 Å². The van der Waals surface area contributed by atoms with Crippen molar-refractivity contribution in [2.45, 2.75) is 13.5 Å². The summed E-state index contributed by atoms with van der Waals surface area (Å²) in [6.45, 7) is 2.82. The summed E-state index contributed by atoms with van der Waals surface area (Å²) in [4.78, 5) is 36.6. The molecule has 35 heavy (non-hydrogen) atoms. The first kappa shape index (κ1) is 24.0. The molecule has 0 fully saturated rings. The molecule has 0 saturated heterocycles. The zero-order chi connectivity index (χ0) is 25.3. The molecule has 0 radical (unpaired) electrons. The number of urea groups is 1. The Balaban J connectivity index is 1.97. The normalized spacial score (nSPS) is 13.0. The Hall–Kier alpha value is -4.12. The van der Waals surface area contributed by atoms with Gasteiger partial charge in [0.1, 0.15) is 17.3 Å². The predicted octanol–water partition coefficient (Wildman–Crippen LogP) is 3.76. The van der Waals surface area contributed by atoms with E-state index in [2.05, 4.69) is 20.6 Å². The second-order valence-corrected chi connectivity index (χ2v) is 8.35. The van der Waals surface area contributed by atoms with Crippen molar-refractivity contribution < 1.29 is 23.5 Å². The molecule has 3 aromatic rings. The van der Waals surface area contributed by atoms with Gasteiger partial charge in [0.05, 0.1) is 17.8 Å². The van der Waals surface area contributed by atoms with Crippen molar-refractivity contribution in [2.24, 2.45) is 0 Å². The number of fused-ring (bicyclic) bond motifs is 1. The maximum atomic E-state index is 14.7. The van der Waals surface area contributed by atoms with Crippen molar-refractivity contribution in [3.63, 3.8) is 0 Å². The number of para-hydroxylation sites is 1. The van der Waals surface area contributed by atoms with Gasteiger partial charge in [0.15, 0.2) is 5.82 Å². The molecule has 0 unspecified atom stereocenters. The Morgan fingerprint density at radius 1 is 1.20 bits per heavy atom. The molecule has 1 aliphatic rings. The number of carboxylic acids is 1. The van der Waals surface area contributed by atoms with E-state index in [0.717, 1.165) is 22.6 Å². The quantitative estimate of drug-likeness (QED) is 0.470. The summed E-state index contributed by atoms with van der Waals surface area (Å²) >= 11 is 0. The highest BCUT2D eigenvalue weighted by Crippen LogP contribution is 2.39. The molecule has 1 aliphatic heterocycles. The number of carbonyl (C=O) groups excluding carboxylic acids is 1. The number of carbonyl (C=O) groups is 2. The minimum absolute atomic E-state index is 0.00346. The van der Waals surface area contributed by atoms with Crippen LogP contribution in [0.1, 0.15) is 21.5 Å². The van der Waals surface area contributed by atoms with E-state index in [9.17, 15) is 23.5 Å². The van der Waals surface area contributed by atoms with Crippen LogP contribution in [0.3, 0.4) is 0 Å². The molecular weight excluding hydrogens is 458 g/mol. The number of likely N-dealkylation sites (N-methyl/N-ethyl adjacent to an activating group) is 1. The average Bonchev–Trinajstić information content (AvgIpc) is 2.79. The molecule has 2 heterocycles. The number of hydrogen-bond acceptors (Lipinski definition) is 6. The number of nitrogens with zero attached hydrogens (tertiary/aromatic N) is 4. The molecule has 0 spiro atoms. The summed E-state index contributed by atoms with van der Waals surface area (Å²) in [7, 11) is 3.78. The van der Waals surface area contributed by atoms with E-state index in [-0.39, 0.29) is 29.6 Å². The zero-order valence-corrected chi connectivity index (χ0v) is 19.4. The third-order valence-corrected chi connectivity index (χ3v) is 5.48. The smallest absolute Gasteiger partial charge is 0.336 e. The number of aryl methyl sites for hydroxylation is 1. The maximum absolute atomic E-state index is 14.7. The van der Waals surface area contributed by atoms with Gasteiger partial charge in [0, 0.05) is 24.2 Å². The number of anilines is 3. The average molecular weight is 482 g/mol. The Morgan fingerprint density at radius 2 is 1.91 bits per heavy atom. The summed E-state index contributed by atoms with van der Waals surface area (Å²) in [6.07, 6.45) is 0. The molecule has 1 aromatic heterocycles. The summed E-state index contributed by atoms with van der Waals surface area (Å²) in [5.74, 6) is -3.00. The number of aromatic carboxylic acids is 1. The van der Waals surface area contributed by atoms with E-state index in [1.165, 1.54) is 12.1 Å². The van der Waals surface area contributed by atoms with E-state index in [1.54, 1.807) is 12.1 Å². The fraction of sp³-hybridized carbons (Fsp3) is 0.250. The molecule has 3 N–H and O–H groups in total. The summed E-state index contributed by atoms with van der Waals surface area (Å²) in [5.41, 5.74) is 1.07. The molecule has 4 rings (SSSR count). The second kappa shape index (κ2) is 9.63. The van der Waals surface area contributed by atoms with Gasteiger partial charge >= 0.3 is 12.0 Å². The lowest BCUT2D eigenvalue weighted by Crippen LogP contribution is -2.43. The zero-order valence-electron chi connectivity index (χ0n) is 19.4. The van der Waals surface area contributed by atoms with Crippen LogP contribution in [0.4, 0.5) is 31.0 Å². The van der Waals surface area contributed by atoms with Crippen molar-refractivity contribution in [3.05, 3.63) is 64.7 Å². The number of halogens is 2. The lowest BCUT2D eigenvalue weighted by atomic mass is 9.97. The van der Waals surface area contributed by atoms with Gasteiger partial charge in [-0.2, -0.15) is 4.98 Å². The largest absolute Gasteiger partial charge is 0.478 e. The molecule has 2 aromatic carbocycles. The van der Waals surface area contributed by atoms with Crippen molar-refractivity contribution in [1.82, 2.24) is 20.2 Å². The minimum atomic E-state index is -1.16. The molecular formula is C24H24F2N6O3. The standard InChI is InChI=1S/C24H24F2N6O3/c1-13-7-8-14(22(33)34)15(11-13)19-16-12-28-24(35)32(20-17(25)5-4-6-18(20)26)21(16)30-23(29-19)27-9-10-31(2)3/h4-8,11H,9-10,12H2,1-3H3,(H,28,35)(H,33,34)(H,27,29,30). The monoisotopic (exact) mass is 482 g/mol. The third kappa shape index (κ3) is 4.76. The fourth-order valence-corrected chi connectivity index (χ4v) is 3.80. The maximum Gasteiger partial charge on any atom is 0.336 e. The number of hydrogen-bond donors (Lipinski definition) is 3. The van der Waals surface area contributed by atoms with Crippen LogP contribution in [-0.4, -0.2) is 59.2 Å². The van der Waals surface area contributed by atoms with Crippen molar-refractivity contribution in [2.75, 3.05) is 37.4 Å². The van der Waals surface area contributed by atoms with Crippen LogP contribution in [0.25, 0.3) is 11.3 Å². The topological polar surface area (TPSA) is 111 Å². The fourth-order valence-electron chi connectivity index (χ4n) is 3.80. The van der Waals surface area contributed by atoms with E-state index in [4.69, 9.17) is 0 Å². The second-order valence-electron chi connectivity index (χ2n) is 8.35. The van der Waals surface area contributed by atoms with Gasteiger partial charge in [-0.25, -0.2) is 28.3 Å². The molecule has 0 saturated carbocycles. The SMILES string of the molecule is Cc1ccc(C(=O)O)c(-c2nc(NCCN(C)C)nc3c2CNC(=O)N3c2c(F)cccc2F)c1. The van der Waals surface area contributed by atoms with E-state index < -0.39 is 29.3 Å². The summed E-state index contributed by atoms with van der Waals surface area (Å²) in [5, 5.41) is 15.4. The molecule has 9 nitrogen and oxygen atoms in total. The Kier molecular flexibility index (Phi) is 6.61. The molecule has 2 amide bonds. The molecule has 0 aliphatic carbocycles. The highest BCUT2D eigenvalue weighted by atomic mass is 19.1. The Labute approximate surface area is 200 Å². The van der Waals surface area contributed by atoms with Crippen LogP contribution in [0.2, 0.25) is 0 Å².